The highest BCUT2D eigenvalue weighted by Crippen LogP contribution is 2.15. The lowest BCUT2D eigenvalue weighted by Crippen LogP contribution is -2.19. The van der Waals surface area contributed by atoms with Crippen molar-refractivity contribution in [3.8, 4) is 0 Å². The van der Waals surface area contributed by atoms with Crippen molar-refractivity contribution in [2.75, 3.05) is 0 Å². The summed E-state index contributed by atoms with van der Waals surface area (Å²) in [4.78, 5) is 4.14. The number of pyridine rings is 1. The SMILES string of the molecule is Cc1nn(C)c(C)c1CNC(C)c1cccnc1. The Morgan fingerprint density at radius 3 is 2.72 bits per heavy atom. The zero-order valence-corrected chi connectivity index (χ0v) is 11.4. The summed E-state index contributed by atoms with van der Waals surface area (Å²) < 4.78 is 1.93. The molecule has 0 amide bonds. The van der Waals surface area contributed by atoms with Gasteiger partial charge in [-0.3, -0.25) is 9.67 Å². The van der Waals surface area contributed by atoms with E-state index < -0.39 is 0 Å². The third-order valence-corrected chi connectivity index (χ3v) is 3.43. The van der Waals surface area contributed by atoms with Gasteiger partial charge >= 0.3 is 0 Å². The lowest BCUT2D eigenvalue weighted by molar-refractivity contribution is 0.570. The molecule has 2 aromatic rings. The minimum absolute atomic E-state index is 0.290. The third kappa shape index (κ3) is 2.59. The molecule has 0 saturated heterocycles. The van der Waals surface area contributed by atoms with Crippen molar-refractivity contribution >= 4 is 0 Å². The summed E-state index contributed by atoms with van der Waals surface area (Å²) in [6.45, 7) is 7.14. The first-order valence-electron chi connectivity index (χ1n) is 6.22. The highest BCUT2D eigenvalue weighted by atomic mass is 15.3. The average molecular weight is 244 g/mol. The molecule has 1 unspecified atom stereocenters. The lowest BCUT2D eigenvalue weighted by atomic mass is 10.1. The summed E-state index contributed by atoms with van der Waals surface area (Å²) in [7, 11) is 1.98. The molecule has 1 atom stereocenters. The van der Waals surface area contributed by atoms with Crippen LogP contribution < -0.4 is 5.32 Å². The second-order valence-corrected chi connectivity index (χ2v) is 4.66. The predicted molar refractivity (Wildman–Crippen MR) is 72.2 cm³/mol. The molecule has 0 bridgehead atoms. The Balaban J connectivity index is 2.04. The van der Waals surface area contributed by atoms with Crippen molar-refractivity contribution in [3.63, 3.8) is 0 Å². The maximum absolute atomic E-state index is 4.43. The van der Waals surface area contributed by atoms with Crippen LogP contribution in [0.2, 0.25) is 0 Å². The zero-order chi connectivity index (χ0) is 13.1. The average Bonchev–Trinajstić information content (AvgIpc) is 2.62. The normalized spacial score (nSPS) is 12.7. The van der Waals surface area contributed by atoms with Crippen molar-refractivity contribution in [2.24, 2.45) is 7.05 Å². The van der Waals surface area contributed by atoms with Crippen molar-refractivity contribution in [2.45, 2.75) is 33.4 Å². The Bertz CT molecular complexity index is 516. The molecule has 0 aliphatic rings. The standard InChI is InChI=1S/C14H20N4/c1-10(13-6-5-7-15-8-13)16-9-14-11(2)17-18(4)12(14)3/h5-8,10,16H,9H2,1-4H3. The molecule has 0 aliphatic heterocycles. The molecule has 2 aromatic heterocycles. The highest BCUT2D eigenvalue weighted by molar-refractivity contribution is 5.24. The second kappa shape index (κ2) is 5.31. The summed E-state index contributed by atoms with van der Waals surface area (Å²) in [6.07, 6.45) is 3.70. The zero-order valence-electron chi connectivity index (χ0n) is 11.4. The Kier molecular flexibility index (Phi) is 3.77. The molecule has 2 rings (SSSR count). The van der Waals surface area contributed by atoms with Gasteiger partial charge in [0.1, 0.15) is 0 Å². The van der Waals surface area contributed by atoms with Gasteiger partial charge in [-0.15, -0.1) is 0 Å². The van der Waals surface area contributed by atoms with Crippen molar-refractivity contribution in [1.29, 1.82) is 0 Å². The van der Waals surface area contributed by atoms with E-state index in [1.54, 1.807) is 6.20 Å². The molecular weight excluding hydrogens is 224 g/mol. The lowest BCUT2D eigenvalue weighted by Gasteiger charge is -2.14. The van der Waals surface area contributed by atoms with Crippen LogP contribution in [-0.4, -0.2) is 14.8 Å². The van der Waals surface area contributed by atoms with Gasteiger partial charge < -0.3 is 5.32 Å². The first-order valence-corrected chi connectivity index (χ1v) is 6.22. The molecule has 0 fully saturated rings. The Labute approximate surface area is 108 Å². The molecule has 1 N–H and O–H groups in total. The molecule has 2 heterocycles. The van der Waals surface area contributed by atoms with Gasteiger partial charge in [0.15, 0.2) is 0 Å². The Morgan fingerprint density at radius 1 is 1.39 bits per heavy atom. The predicted octanol–water partition coefficient (Wildman–Crippen LogP) is 2.28. The van der Waals surface area contributed by atoms with Gasteiger partial charge in [0.05, 0.1) is 5.69 Å². The maximum Gasteiger partial charge on any atom is 0.0641 e. The van der Waals surface area contributed by atoms with E-state index in [2.05, 4.69) is 42.2 Å². The van der Waals surface area contributed by atoms with Crippen LogP contribution in [0.5, 0.6) is 0 Å². The molecule has 4 nitrogen and oxygen atoms in total. The molecule has 0 radical (unpaired) electrons. The van der Waals surface area contributed by atoms with Gasteiger partial charge in [0.2, 0.25) is 0 Å². The fourth-order valence-electron chi connectivity index (χ4n) is 2.08. The quantitative estimate of drug-likeness (QED) is 0.897. The Hall–Kier alpha value is -1.68. The maximum atomic E-state index is 4.43. The molecule has 4 heteroatoms. The fourth-order valence-corrected chi connectivity index (χ4v) is 2.08. The van der Waals surface area contributed by atoms with Crippen molar-refractivity contribution < 1.29 is 0 Å². The van der Waals surface area contributed by atoms with Crippen LogP contribution in [0.1, 0.15) is 35.5 Å². The number of nitrogens with one attached hydrogen (secondary N) is 1. The first-order chi connectivity index (χ1) is 8.59. The van der Waals surface area contributed by atoms with Crippen LogP contribution in [0.15, 0.2) is 24.5 Å². The van der Waals surface area contributed by atoms with Gasteiger partial charge in [-0.05, 0) is 32.4 Å². The number of nitrogens with zero attached hydrogens (tertiary/aromatic N) is 3. The summed E-state index contributed by atoms with van der Waals surface area (Å²) in [5.74, 6) is 0. The monoisotopic (exact) mass is 244 g/mol. The van der Waals surface area contributed by atoms with Crippen LogP contribution in [0.25, 0.3) is 0 Å². The number of aryl methyl sites for hydroxylation is 2. The van der Waals surface area contributed by atoms with Gasteiger partial charge in [-0.2, -0.15) is 5.10 Å². The summed E-state index contributed by atoms with van der Waals surface area (Å²) in [5.41, 5.74) is 4.81. The fraction of sp³-hybridized carbons (Fsp3) is 0.429. The van der Waals surface area contributed by atoms with Crippen LogP contribution in [0.3, 0.4) is 0 Å². The van der Waals surface area contributed by atoms with Crippen LogP contribution in [0.4, 0.5) is 0 Å². The minimum Gasteiger partial charge on any atom is -0.306 e. The van der Waals surface area contributed by atoms with E-state index in [-0.39, 0.29) is 6.04 Å². The van der Waals surface area contributed by atoms with E-state index in [0.29, 0.717) is 0 Å². The number of rotatable bonds is 4. The third-order valence-electron chi connectivity index (χ3n) is 3.43. The molecule has 0 spiro atoms. The largest absolute Gasteiger partial charge is 0.306 e. The minimum atomic E-state index is 0.290. The van der Waals surface area contributed by atoms with Crippen LogP contribution in [-0.2, 0) is 13.6 Å². The smallest absolute Gasteiger partial charge is 0.0641 e. The Morgan fingerprint density at radius 2 is 2.17 bits per heavy atom. The van der Waals surface area contributed by atoms with Crippen molar-refractivity contribution in [1.82, 2.24) is 20.1 Å². The van der Waals surface area contributed by atoms with E-state index in [0.717, 1.165) is 12.2 Å². The summed E-state index contributed by atoms with van der Waals surface area (Å²) >= 11 is 0. The molecular formula is C14H20N4. The molecule has 96 valence electrons. The van der Waals surface area contributed by atoms with Gasteiger partial charge in [-0.25, -0.2) is 0 Å². The van der Waals surface area contributed by atoms with Gasteiger partial charge in [0, 0.05) is 43.3 Å². The number of hydrogen-bond acceptors (Lipinski definition) is 3. The summed E-state index contributed by atoms with van der Waals surface area (Å²) in [5, 5.41) is 7.94. The summed E-state index contributed by atoms with van der Waals surface area (Å²) in [6, 6.07) is 4.35. The van der Waals surface area contributed by atoms with Gasteiger partial charge in [-0.1, -0.05) is 6.07 Å². The van der Waals surface area contributed by atoms with E-state index >= 15 is 0 Å². The molecule has 0 saturated carbocycles. The van der Waals surface area contributed by atoms with E-state index in [1.807, 2.05) is 24.0 Å². The number of hydrogen-bond donors (Lipinski definition) is 1. The van der Waals surface area contributed by atoms with E-state index in [1.165, 1.54) is 16.8 Å². The van der Waals surface area contributed by atoms with Crippen molar-refractivity contribution in [3.05, 3.63) is 47.0 Å². The molecule has 0 aliphatic carbocycles. The highest BCUT2D eigenvalue weighted by Gasteiger charge is 2.11. The first kappa shape index (κ1) is 12.8. The second-order valence-electron chi connectivity index (χ2n) is 4.66. The van der Waals surface area contributed by atoms with E-state index in [4.69, 9.17) is 0 Å². The topological polar surface area (TPSA) is 42.7 Å². The molecule has 0 aromatic carbocycles. The van der Waals surface area contributed by atoms with Crippen LogP contribution in [0, 0.1) is 13.8 Å². The number of aromatic nitrogens is 3. The van der Waals surface area contributed by atoms with Crippen LogP contribution >= 0.6 is 0 Å². The molecule has 18 heavy (non-hydrogen) atoms. The van der Waals surface area contributed by atoms with E-state index in [9.17, 15) is 0 Å². The van der Waals surface area contributed by atoms with Gasteiger partial charge in [0.25, 0.3) is 0 Å².